The maximum Gasteiger partial charge on any atom is 0.302 e. The molecule has 0 aliphatic heterocycles. The molecule has 76 valence electrons. The fourth-order valence-electron chi connectivity index (χ4n) is 0.999. The average molecular weight is 212 g/mol. The molecule has 1 unspecified atom stereocenters. The second-order valence-electron chi connectivity index (χ2n) is 2.88. The zero-order chi connectivity index (χ0) is 10.6. The molecule has 0 aliphatic rings. The maximum absolute atomic E-state index is 11.1. The predicted octanol–water partition coefficient (Wildman–Crippen LogP) is 1.49. The summed E-state index contributed by atoms with van der Waals surface area (Å²) in [6.07, 6.45) is 1.62. The summed E-state index contributed by atoms with van der Waals surface area (Å²) in [5, 5.41) is 0. The molecule has 4 heteroatoms. The molecule has 0 saturated carbocycles. The van der Waals surface area contributed by atoms with Crippen LogP contribution in [0, 0.1) is 0 Å². The first-order valence-electron chi connectivity index (χ1n) is 4.15. The standard InChI is InChI=1S/C10H12O3S/c1-8(11)13-7-9-4-3-5-10(6-9)14(2)12/h3-6H,7H2,1-2H3. The normalized spacial score (nSPS) is 12.1. The Morgan fingerprint density at radius 1 is 1.50 bits per heavy atom. The third-order valence-corrected chi connectivity index (χ3v) is 2.59. The number of carbonyl (C=O) groups excluding carboxylic acids is 1. The smallest absolute Gasteiger partial charge is 0.302 e. The topological polar surface area (TPSA) is 43.4 Å². The van der Waals surface area contributed by atoms with Crippen LogP contribution in [0.5, 0.6) is 0 Å². The molecule has 14 heavy (non-hydrogen) atoms. The first kappa shape index (κ1) is 10.9. The number of ether oxygens (including phenoxy) is 1. The van der Waals surface area contributed by atoms with Crippen molar-refractivity contribution in [2.45, 2.75) is 18.4 Å². The van der Waals surface area contributed by atoms with Gasteiger partial charge >= 0.3 is 5.97 Å². The molecule has 0 heterocycles. The van der Waals surface area contributed by atoms with Crippen LogP contribution in [0.4, 0.5) is 0 Å². The molecule has 3 nitrogen and oxygen atoms in total. The molecule has 0 aromatic heterocycles. The molecular weight excluding hydrogens is 200 g/mol. The summed E-state index contributed by atoms with van der Waals surface area (Å²) in [7, 11) is -0.994. The van der Waals surface area contributed by atoms with Crippen molar-refractivity contribution in [3.05, 3.63) is 29.8 Å². The van der Waals surface area contributed by atoms with E-state index in [0.29, 0.717) is 0 Å². The van der Waals surface area contributed by atoms with Crippen molar-refractivity contribution in [1.82, 2.24) is 0 Å². The highest BCUT2D eigenvalue weighted by Crippen LogP contribution is 2.09. The van der Waals surface area contributed by atoms with Crippen molar-refractivity contribution in [3.8, 4) is 0 Å². The summed E-state index contributed by atoms with van der Waals surface area (Å²) in [6.45, 7) is 1.60. The van der Waals surface area contributed by atoms with Gasteiger partial charge < -0.3 is 4.74 Å². The molecule has 0 spiro atoms. The van der Waals surface area contributed by atoms with E-state index in [1.54, 1.807) is 24.5 Å². The summed E-state index contributed by atoms with van der Waals surface area (Å²) in [4.78, 5) is 11.3. The van der Waals surface area contributed by atoms with Crippen molar-refractivity contribution in [2.75, 3.05) is 6.26 Å². The van der Waals surface area contributed by atoms with Crippen LogP contribution in [-0.4, -0.2) is 16.4 Å². The number of hydrogen-bond acceptors (Lipinski definition) is 3. The van der Waals surface area contributed by atoms with Crippen LogP contribution in [0.2, 0.25) is 0 Å². The molecule has 0 amide bonds. The summed E-state index contributed by atoms with van der Waals surface area (Å²) < 4.78 is 16.0. The Morgan fingerprint density at radius 2 is 2.21 bits per heavy atom. The van der Waals surface area contributed by atoms with Gasteiger partial charge in [-0.05, 0) is 17.7 Å². The lowest BCUT2D eigenvalue weighted by Crippen LogP contribution is -1.99. The van der Waals surface area contributed by atoms with Gasteiger partial charge in [0, 0.05) is 28.9 Å². The van der Waals surface area contributed by atoms with Gasteiger partial charge in [0.05, 0.1) is 0 Å². The Labute approximate surface area is 85.5 Å². The van der Waals surface area contributed by atoms with Gasteiger partial charge in [-0.25, -0.2) is 0 Å². The molecule has 0 saturated heterocycles. The molecule has 0 aliphatic carbocycles. The first-order chi connectivity index (χ1) is 6.59. The Kier molecular flexibility index (Phi) is 3.83. The quantitative estimate of drug-likeness (QED) is 0.713. The second-order valence-corrected chi connectivity index (χ2v) is 4.26. The third-order valence-electron chi connectivity index (χ3n) is 1.67. The minimum Gasteiger partial charge on any atom is -0.461 e. The van der Waals surface area contributed by atoms with Gasteiger partial charge in [-0.2, -0.15) is 0 Å². The van der Waals surface area contributed by atoms with Crippen LogP contribution in [0.3, 0.4) is 0 Å². The number of hydrogen-bond donors (Lipinski definition) is 0. The van der Waals surface area contributed by atoms with E-state index in [0.717, 1.165) is 10.5 Å². The molecule has 0 fully saturated rings. The van der Waals surface area contributed by atoms with E-state index in [9.17, 15) is 9.00 Å². The van der Waals surface area contributed by atoms with Gasteiger partial charge in [-0.1, -0.05) is 12.1 Å². The average Bonchev–Trinajstić information content (AvgIpc) is 2.15. The molecule has 0 radical (unpaired) electrons. The lowest BCUT2D eigenvalue weighted by atomic mass is 10.2. The lowest BCUT2D eigenvalue weighted by molar-refractivity contribution is -0.142. The molecule has 0 N–H and O–H groups in total. The third kappa shape index (κ3) is 3.30. The highest BCUT2D eigenvalue weighted by atomic mass is 32.2. The van der Waals surface area contributed by atoms with E-state index < -0.39 is 10.8 Å². The van der Waals surface area contributed by atoms with Gasteiger partial charge in [0.25, 0.3) is 0 Å². The molecule has 1 aromatic rings. The molecule has 1 aromatic carbocycles. The van der Waals surface area contributed by atoms with Crippen LogP contribution in [0.1, 0.15) is 12.5 Å². The van der Waals surface area contributed by atoms with Gasteiger partial charge in [0.2, 0.25) is 0 Å². The lowest BCUT2D eigenvalue weighted by Gasteiger charge is -2.03. The molecule has 1 atom stereocenters. The summed E-state index contributed by atoms with van der Waals surface area (Å²) in [6, 6.07) is 7.20. The van der Waals surface area contributed by atoms with Gasteiger partial charge in [0.15, 0.2) is 0 Å². The minimum atomic E-state index is -0.994. The van der Waals surface area contributed by atoms with Crippen molar-refractivity contribution in [3.63, 3.8) is 0 Å². The van der Waals surface area contributed by atoms with Crippen LogP contribution in [0.15, 0.2) is 29.2 Å². The van der Waals surface area contributed by atoms with Crippen molar-refractivity contribution in [1.29, 1.82) is 0 Å². The van der Waals surface area contributed by atoms with Crippen molar-refractivity contribution >= 4 is 16.8 Å². The second kappa shape index (κ2) is 4.91. The van der Waals surface area contributed by atoms with Crippen LogP contribution in [-0.2, 0) is 26.9 Å². The van der Waals surface area contributed by atoms with Gasteiger partial charge in [-0.15, -0.1) is 0 Å². The number of carbonyl (C=O) groups is 1. The van der Waals surface area contributed by atoms with E-state index in [1.807, 2.05) is 6.07 Å². The molecular formula is C10H12O3S. The number of esters is 1. The van der Waals surface area contributed by atoms with E-state index in [-0.39, 0.29) is 12.6 Å². The monoisotopic (exact) mass is 212 g/mol. The Bertz CT molecular complexity index is 360. The van der Waals surface area contributed by atoms with Crippen LogP contribution in [0.25, 0.3) is 0 Å². The molecule has 0 bridgehead atoms. The largest absolute Gasteiger partial charge is 0.461 e. The maximum atomic E-state index is 11.1. The predicted molar refractivity (Wildman–Crippen MR) is 54.2 cm³/mol. The summed E-state index contributed by atoms with van der Waals surface area (Å²) in [5.74, 6) is -0.312. The Hall–Kier alpha value is -1.16. The van der Waals surface area contributed by atoms with Crippen LogP contribution >= 0.6 is 0 Å². The number of benzene rings is 1. The first-order valence-corrected chi connectivity index (χ1v) is 5.71. The van der Waals surface area contributed by atoms with E-state index in [2.05, 4.69) is 0 Å². The zero-order valence-corrected chi connectivity index (χ0v) is 8.97. The van der Waals surface area contributed by atoms with E-state index in [1.165, 1.54) is 6.92 Å². The fraction of sp³-hybridized carbons (Fsp3) is 0.300. The van der Waals surface area contributed by atoms with Gasteiger partial charge in [0.1, 0.15) is 6.61 Å². The number of rotatable bonds is 3. The highest BCUT2D eigenvalue weighted by molar-refractivity contribution is 7.84. The summed E-state index contributed by atoms with van der Waals surface area (Å²) >= 11 is 0. The van der Waals surface area contributed by atoms with Gasteiger partial charge in [-0.3, -0.25) is 9.00 Å². The molecule has 1 rings (SSSR count). The fourth-order valence-corrected chi connectivity index (χ4v) is 1.59. The SMILES string of the molecule is CC(=O)OCc1cccc(S(C)=O)c1. The van der Waals surface area contributed by atoms with E-state index in [4.69, 9.17) is 4.74 Å². The van der Waals surface area contributed by atoms with Crippen LogP contribution < -0.4 is 0 Å². The van der Waals surface area contributed by atoms with Crippen molar-refractivity contribution < 1.29 is 13.7 Å². The summed E-state index contributed by atoms with van der Waals surface area (Å²) in [5.41, 5.74) is 0.855. The minimum absolute atomic E-state index is 0.236. The highest BCUT2D eigenvalue weighted by Gasteiger charge is 2.00. The Balaban J connectivity index is 2.73. The Morgan fingerprint density at radius 3 is 2.79 bits per heavy atom. The van der Waals surface area contributed by atoms with E-state index >= 15 is 0 Å². The zero-order valence-electron chi connectivity index (χ0n) is 8.15. The van der Waals surface area contributed by atoms with Crippen molar-refractivity contribution in [2.24, 2.45) is 0 Å².